The Hall–Kier alpha value is -1.20. The molecule has 0 bridgehead atoms. The van der Waals surface area contributed by atoms with Crippen molar-refractivity contribution in [1.82, 2.24) is 10.2 Å². The largest absolute Gasteiger partial charge is 0.355 e. The topological polar surface area (TPSA) is 49.4 Å². The summed E-state index contributed by atoms with van der Waals surface area (Å²) < 4.78 is 0. The molecule has 1 aliphatic heterocycles. The van der Waals surface area contributed by atoms with Gasteiger partial charge in [0, 0.05) is 17.1 Å². The molecule has 1 saturated heterocycles. The van der Waals surface area contributed by atoms with Crippen molar-refractivity contribution in [2.24, 2.45) is 0 Å². The van der Waals surface area contributed by atoms with E-state index in [2.05, 4.69) is 5.32 Å². The Morgan fingerprint density at radius 3 is 2.95 bits per heavy atom. The highest BCUT2D eigenvalue weighted by molar-refractivity contribution is 8.00. The molecule has 1 aliphatic rings. The van der Waals surface area contributed by atoms with E-state index in [0.29, 0.717) is 17.3 Å². The number of carbonyl (C=O) groups excluding carboxylic acids is 2. The lowest BCUT2D eigenvalue weighted by Gasteiger charge is -2.24. The van der Waals surface area contributed by atoms with Gasteiger partial charge in [-0.05, 0) is 13.0 Å². The number of likely N-dealkylation sites (N-methyl/N-ethyl adjacent to an activating group) is 1. The van der Waals surface area contributed by atoms with Gasteiger partial charge in [0.15, 0.2) is 0 Å². The van der Waals surface area contributed by atoms with Gasteiger partial charge in [-0.15, -0.1) is 11.8 Å². The minimum Gasteiger partial charge on any atom is -0.355 e. The third-order valence-corrected chi connectivity index (χ3v) is 4.41. The molecule has 0 saturated carbocycles. The fourth-order valence-electron chi connectivity index (χ4n) is 1.97. The molecule has 1 atom stereocenters. The van der Waals surface area contributed by atoms with Crippen molar-refractivity contribution in [3.63, 3.8) is 0 Å². The Morgan fingerprint density at radius 2 is 2.26 bits per heavy atom. The first-order valence-electron chi connectivity index (χ1n) is 6.05. The van der Waals surface area contributed by atoms with Crippen molar-refractivity contribution >= 4 is 35.2 Å². The van der Waals surface area contributed by atoms with Gasteiger partial charge in [0.05, 0.1) is 5.75 Å². The average Bonchev–Trinajstić information content (AvgIpc) is 2.72. The average molecular weight is 299 g/mol. The minimum atomic E-state index is -0.177. The summed E-state index contributed by atoms with van der Waals surface area (Å²) in [6.07, 6.45) is 0. The van der Waals surface area contributed by atoms with Gasteiger partial charge in [-0.3, -0.25) is 9.59 Å². The quantitative estimate of drug-likeness (QED) is 0.925. The Morgan fingerprint density at radius 1 is 1.53 bits per heavy atom. The van der Waals surface area contributed by atoms with Crippen molar-refractivity contribution in [3.05, 3.63) is 34.9 Å². The van der Waals surface area contributed by atoms with Crippen molar-refractivity contribution in [2.45, 2.75) is 12.3 Å². The van der Waals surface area contributed by atoms with Crippen LogP contribution in [0.5, 0.6) is 0 Å². The fourth-order valence-corrected chi connectivity index (χ4v) is 3.49. The van der Waals surface area contributed by atoms with Crippen LogP contribution in [0.25, 0.3) is 0 Å². The monoisotopic (exact) mass is 298 g/mol. The lowest BCUT2D eigenvalue weighted by atomic mass is 10.2. The maximum atomic E-state index is 11.9. The van der Waals surface area contributed by atoms with Gasteiger partial charge in [0.25, 0.3) is 0 Å². The first-order valence-corrected chi connectivity index (χ1v) is 7.48. The molecule has 4 nitrogen and oxygen atoms in total. The summed E-state index contributed by atoms with van der Waals surface area (Å²) in [5.74, 6) is 0.214. The second-order valence-electron chi connectivity index (χ2n) is 4.16. The molecule has 0 spiro atoms. The van der Waals surface area contributed by atoms with Gasteiger partial charge < -0.3 is 10.2 Å². The molecule has 0 aromatic heterocycles. The molecule has 2 rings (SSSR count). The van der Waals surface area contributed by atoms with Crippen LogP contribution in [0.15, 0.2) is 24.3 Å². The van der Waals surface area contributed by atoms with Crippen LogP contribution < -0.4 is 5.32 Å². The van der Waals surface area contributed by atoms with E-state index in [0.717, 1.165) is 5.56 Å². The SMILES string of the molecule is CCNC(=O)CN1C(=O)CS[C@H]1c1ccccc1Cl. The van der Waals surface area contributed by atoms with Gasteiger partial charge in [-0.1, -0.05) is 29.8 Å². The van der Waals surface area contributed by atoms with E-state index in [1.807, 2.05) is 25.1 Å². The summed E-state index contributed by atoms with van der Waals surface area (Å²) in [5.41, 5.74) is 0.879. The molecule has 1 heterocycles. The Balaban J connectivity index is 2.18. The van der Waals surface area contributed by atoms with Crippen LogP contribution >= 0.6 is 23.4 Å². The molecule has 1 N–H and O–H groups in total. The highest BCUT2D eigenvalue weighted by Gasteiger charge is 2.34. The first-order chi connectivity index (χ1) is 9.13. The lowest BCUT2D eigenvalue weighted by molar-refractivity contribution is -0.133. The summed E-state index contributed by atoms with van der Waals surface area (Å²) >= 11 is 7.66. The number of halogens is 1. The van der Waals surface area contributed by atoms with Gasteiger partial charge in [0.2, 0.25) is 11.8 Å². The molecule has 2 amide bonds. The maximum Gasteiger partial charge on any atom is 0.239 e. The Kier molecular flexibility index (Phi) is 4.71. The molecule has 1 aromatic rings. The maximum absolute atomic E-state index is 11.9. The number of hydrogen-bond acceptors (Lipinski definition) is 3. The van der Waals surface area contributed by atoms with Crippen molar-refractivity contribution < 1.29 is 9.59 Å². The van der Waals surface area contributed by atoms with Crippen LogP contribution in [0.2, 0.25) is 5.02 Å². The number of thioether (sulfide) groups is 1. The summed E-state index contributed by atoms with van der Waals surface area (Å²) in [6.45, 7) is 2.49. The summed E-state index contributed by atoms with van der Waals surface area (Å²) in [6, 6.07) is 7.42. The zero-order chi connectivity index (χ0) is 13.8. The number of carbonyl (C=O) groups is 2. The fraction of sp³-hybridized carbons (Fsp3) is 0.385. The molecule has 0 aliphatic carbocycles. The molecule has 1 aromatic carbocycles. The van der Waals surface area contributed by atoms with Crippen LogP contribution in [-0.4, -0.2) is 35.6 Å². The van der Waals surface area contributed by atoms with Gasteiger partial charge in [-0.2, -0.15) is 0 Å². The molecular formula is C13H15ClN2O2S. The van der Waals surface area contributed by atoms with Crippen molar-refractivity contribution in [1.29, 1.82) is 0 Å². The normalized spacial score (nSPS) is 18.7. The van der Waals surface area contributed by atoms with Gasteiger partial charge in [-0.25, -0.2) is 0 Å². The zero-order valence-electron chi connectivity index (χ0n) is 10.6. The first kappa shape index (κ1) is 14.2. The van der Waals surface area contributed by atoms with Crippen LogP contribution in [0.1, 0.15) is 17.9 Å². The molecule has 0 radical (unpaired) electrons. The highest BCUT2D eigenvalue weighted by Crippen LogP contribution is 2.40. The Bertz CT molecular complexity index is 495. The number of rotatable bonds is 4. The van der Waals surface area contributed by atoms with E-state index in [9.17, 15) is 9.59 Å². The molecule has 6 heteroatoms. The second-order valence-corrected chi connectivity index (χ2v) is 5.64. The minimum absolute atomic E-state index is 0.0267. The molecule has 0 unspecified atom stereocenters. The second kappa shape index (κ2) is 6.30. The third-order valence-electron chi connectivity index (χ3n) is 2.83. The zero-order valence-corrected chi connectivity index (χ0v) is 12.1. The summed E-state index contributed by atoms with van der Waals surface area (Å²) in [5, 5.41) is 3.15. The number of nitrogens with zero attached hydrogens (tertiary/aromatic N) is 1. The van der Waals surface area contributed by atoms with Crippen molar-refractivity contribution in [2.75, 3.05) is 18.8 Å². The van der Waals surface area contributed by atoms with Gasteiger partial charge in [0.1, 0.15) is 11.9 Å². The summed E-state index contributed by atoms with van der Waals surface area (Å²) in [7, 11) is 0. The summed E-state index contributed by atoms with van der Waals surface area (Å²) in [4.78, 5) is 25.1. The van der Waals surface area contributed by atoms with Crippen LogP contribution in [0.3, 0.4) is 0 Å². The van der Waals surface area contributed by atoms with E-state index in [4.69, 9.17) is 11.6 Å². The number of nitrogens with one attached hydrogen (secondary N) is 1. The number of hydrogen-bond donors (Lipinski definition) is 1. The predicted molar refractivity (Wildman–Crippen MR) is 77.0 cm³/mol. The van der Waals surface area contributed by atoms with Gasteiger partial charge >= 0.3 is 0 Å². The van der Waals surface area contributed by atoms with E-state index in [-0.39, 0.29) is 23.7 Å². The molecule has 19 heavy (non-hydrogen) atoms. The third kappa shape index (κ3) is 3.22. The smallest absolute Gasteiger partial charge is 0.239 e. The molecule has 1 fully saturated rings. The lowest BCUT2D eigenvalue weighted by Crippen LogP contribution is -2.39. The van der Waals surface area contributed by atoms with E-state index >= 15 is 0 Å². The predicted octanol–water partition coefficient (Wildman–Crippen LogP) is 2.05. The standard InChI is InChI=1S/C13H15ClN2O2S/c1-2-15-11(17)7-16-12(18)8-19-13(16)9-5-3-4-6-10(9)14/h3-6,13H,2,7-8H2,1H3,(H,15,17)/t13-/m0/s1. The molecule has 102 valence electrons. The van der Waals surface area contributed by atoms with E-state index in [1.165, 1.54) is 11.8 Å². The van der Waals surface area contributed by atoms with Crippen LogP contribution in [0.4, 0.5) is 0 Å². The number of benzene rings is 1. The van der Waals surface area contributed by atoms with Crippen molar-refractivity contribution in [3.8, 4) is 0 Å². The van der Waals surface area contributed by atoms with Crippen LogP contribution in [-0.2, 0) is 9.59 Å². The molecular weight excluding hydrogens is 284 g/mol. The van der Waals surface area contributed by atoms with Crippen LogP contribution in [0, 0.1) is 0 Å². The van der Waals surface area contributed by atoms with E-state index < -0.39 is 0 Å². The number of amides is 2. The highest BCUT2D eigenvalue weighted by atomic mass is 35.5. The van der Waals surface area contributed by atoms with E-state index in [1.54, 1.807) is 11.0 Å². The Labute approximate surface area is 121 Å².